The fourth-order valence-corrected chi connectivity index (χ4v) is 5.77. The Balaban J connectivity index is 1.76. The van der Waals surface area contributed by atoms with E-state index in [0.717, 1.165) is 16.7 Å². The predicted octanol–water partition coefficient (Wildman–Crippen LogP) is 4.03. The lowest BCUT2D eigenvalue weighted by Crippen LogP contribution is -2.68. The number of hydrogen-bond donors (Lipinski definition) is 2. The molecule has 0 radical (unpaired) electrons. The minimum atomic E-state index is -3.27. The van der Waals surface area contributed by atoms with Crippen molar-refractivity contribution in [3.8, 4) is 17.2 Å². The van der Waals surface area contributed by atoms with Crippen molar-refractivity contribution in [2.24, 2.45) is 0 Å². The zero-order valence-electron chi connectivity index (χ0n) is 22.2. The summed E-state index contributed by atoms with van der Waals surface area (Å²) in [5, 5.41) is 22.6. The molecule has 9 nitrogen and oxygen atoms in total. The first-order valence-corrected chi connectivity index (χ1v) is 14.2. The number of nitrogens with one attached hydrogen (secondary N) is 1. The van der Waals surface area contributed by atoms with Gasteiger partial charge in [-0.25, -0.2) is 13.2 Å². The predicted molar refractivity (Wildman–Crippen MR) is 143 cm³/mol. The van der Waals surface area contributed by atoms with E-state index in [1.54, 1.807) is 52.0 Å². The topological polar surface area (TPSA) is 137 Å². The molecule has 1 heterocycles. The molecular formula is C28H35N3O6S. The van der Waals surface area contributed by atoms with Crippen molar-refractivity contribution in [3.63, 3.8) is 0 Å². The van der Waals surface area contributed by atoms with Crippen LogP contribution in [-0.4, -0.2) is 66.5 Å². The molecule has 0 spiro atoms. The Morgan fingerprint density at radius 2 is 1.61 bits per heavy atom. The fourth-order valence-electron chi connectivity index (χ4n) is 4.89. The van der Waals surface area contributed by atoms with E-state index in [4.69, 9.17) is 4.74 Å². The first-order valence-electron chi connectivity index (χ1n) is 12.6. The van der Waals surface area contributed by atoms with Crippen LogP contribution in [0.2, 0.25) is 0 Å². The summed E-state index contributed by atoms with van der Waals surface area (Å²) in [6.07, 6.45) is -0.550. The molecule has 38 heavy (non-hydrogen) atoms. The fraction of sp³-hybridized carbons (Fsp3) is 0.464. The molecule has 1 saturated heterocycles. The van der Waals surface area contributed by atoms with E-state index in [1.807, 2.05) is 24.3 Å². The van der Waals surface area contributed by atoms with Gasteiger partial charge in [0.1, 0.15) is 11.6 Å². The number of benzene rings is 2. The van der Waals surface area contributed by atoms with Crippen LogP contribution in [0.5, 0.6) is 0 Å². The lowest BCUT2D eigenvalue weighted by Gasteiger charge is -2.49. The Morgan fingerprint density at radius 1 is 1.08 bits per heavy atom. The standard InChI is InChI=1S/C28H35N3O6S/c1-5-38(35,36)24-12-10-22(11-13-24)21-8-6-20(7-9-21)18-23(19-29)30-25(32)28(14-16-37-17-15-28)31(26(33)34)27(2,3)4/h6-13,23H,5,14-18H2,1-4H3,(H,30,32)(H,33,34). The number of ether oxygens (including phenoxy) is 1. The normalized spacial score (nSPS) is 16.2. The zero-order chi connectivity index (χ0) is 28.1. The number of rotatable bonds is 8. The molecule has 1 fully saturated rings. The van der Waals surface area contributed by atoms with Gasteiger partial charge < -0.3 is 15.2 Å². The van der Waals surface area contributed by atoms with Crippen LogP contribution in [0.25, 0.3) is 11.1 Å². The number of amides is 2. The highest BCUT2D eigenvalue weighted by Crippen LogP contribution is 2.34. The third-order valence-corrected chi connectivity index (χ3v) is 8.56. The third kappa shape index (κ3) is 6.34. The van der Waals surface area contributed by atoms with Crippen LogP contribution < -0.4 is 5.32 Å². The summed E-state index contributed by atoms with van der Waals surface area (Å²) >= 11 is 0. The second-order valence-electron chi connectivity index (χ2n) is 10.4. The van der Waals surface area contributed by atoms with E-state index in [0.29, 0.717) is 0 Å². The number of carboxylic acid groups (broad SMARTS) is 1. The average Bonchev–Trinajstić information content (AvgIpc) is 2.88. The molecule has 1 aliphatic heterocycles. The molecule has 2 amide bonds. The molecule has 2 aromatic carbocycles. The molecule has 1 atom stereocenters. The van der Waals surface area contributed by atoms with Crippen LogP contribution in [0.4, 0.5) is 4.79 Å². The molecule has 2 N–H and O–H groups in total. The van der Waals surface area contributed by atoms with Crippen LogP contribution >= 0.6 is 0 Å². The van der Waals surface area contributed by atoms with Gasteiger partial charge in [-0.15, -0.1) is 0 Å². The highest BCUT2D eigenvalue weighted by molar-refractivity contribution is 7.91. The lowest BCUT2D eigenvalue weighted by atomic mass is 9.83. The second kappa shape index (κ2) is 11.5. The quantitative estimate of drug-likeness (QED) is 0.515. The summed E-state index contributed by atoms with van der Waals surface area (Å²) in [5.41, 5.74) is 0.387. The Labute approximate surface area is 224 Å². The van der Waals surface area contributed by atoms with Gasteiger partial charge in [-0.2, -0.15) is 5.26 Å². The van der Waals surface area contributed by atoms with E-state index in [1.165, 1.54) is 4.90 Å². The first-order chi connectivity index (χ1) is 17.8. The summed E-state index contributed by atoms with van der Waals surface area (Å²) in [6, 6.07) is 15.4. The first kappa shape index (κ1) is 29.1. The Morgan fingerprint density at radius 3 is 2.05 bits per heavy atom. The molecule has 0 aromatic heterocycles. The Bertz CT molecular complexity index is 1290. The lowest BCUT2D eigenvalue weighted by molar-refractivity contribution is -0.144. The monoisotopic (exact) mass is 541 g/mol. The summed E-state index contributed by atoms with van der Waals surface area (Å²) in [5.74, 6) is -0.458. The van der Waals surface area contributed by atoms with Crippen LogP contribution in [0.3, 0.4) is 0 Å². The van der Waals surface area contributed by atoms with Crippen molar-refractivity contribution in [1.29, 1.82) is 5.26 Å². The number of carbonyl (C=O) groups is 2. The number of carbonyl (C=O) groups excluding carboxylic acids is 1. The molecule has 204 valence electrons. The summed E-state index contributed by atoms with van der Waals surface area (Å²) < 4.78 is 29.5. The van der Waals surface area contributed by atoms with Gasteiger partial charge in [-0.3, -0.25) is 9.69 Å². The summed E-state index contributed by atoms with van der Waals surface area (Å²) in [4.78, 5) is 27.3. The van der Waals surface area contributed by atoms with Gasteiger partial charge in [0.2, 0.25) is 5.91 Å². The Hall–Kier alpha value is -3.42. The van der Waals surface area contributed by atoms with Crippen molar-refractivity contribution in [1.82, 2.24) is 10.2 Å². The molecular weight excluding hydrogens is 506 g/mol. The molecule has 0 saturated carbocycles. The van der Waals surface area contributed by atoms with E-state index >= 15 is 0 Å². The van der Waals surface area contributed by atoms with Crippen molar-refractivity contribution < 1.29 is 27.9 Å². The maximum absolute atomic E-state index is 13.6. The SMILES string of the molecule is CCS(=O)(=O)c1ccc(-c2ccc(CC(C#N)NC(=O)C3(N(C(=O)O)C(C)(C)C)CCOCC3)cc2)cc1. The Kier molecular flexibility index (Phi) is 8.85. The van der Waals surface area contributed by atoms with E-state index in [9.17, 15) is 28.4 Å². The number of nitriles is 1. The van der Waals surface area contributed by atoms with E-state index < -0.39 is 39.0 Å². The van der Waals surface area contributed by atoms with Crippen LogP contribution in [-0.2, 0) is 25.8 Å². The van der Waals surface area contributed by atoms with Crippen LogP contribution in [0.15, 0.2) is 53.4 Å². The van der Waals surface area contributed by atoms with Crippen molar-refractivity contribution in [2.75, 3.05) is 19.0 Å². The molecule has 1 unspecified atom stereocenters. The number of hydrogen-bond acceptors (Lipinski definition) is 6. The molecule has 10 heteroatoms. The molecule has 1 aliphatic rings. The van der Waals surface area contributed by atoms with Gasteiger partial charge in [-0.05, 0) is 49.6 Å². The molecule has 3 rings (SSSR count). The molecule has 2 aromatic rings. The molecule has 0 aliphatic carbocycles. The van der Waals surface area contributed by atoms with Gasteiger partial charge in [0.25, 0.3) is 0 Å². The van der Waals surface area contributed by atoms with Crippen molar-refractivity contribution >= 4 is 21.8 Å². The van der Waals surface area contributed by atoms with E-state index in [2.05, 4.69) is 11.4 Å². The second-order valence-corrected chi connectivity index (χ2v) is 12.7. The zero-order valence-corrected chi connectivity index (χ0v) is 23.0. The number of sulfone groups is 1. The largest absolute Gasteiger partial charge is 0.465 e. The van der Waals surface area contributed by atoms with Gasteiger partial charge in [-0.1, -0.05) is 43.3 Å². The highest BCUT2D eigenvalue weighted by atomic mass is 32.2. The van der Waals surface area contributed by atoms with Gasteiger partial charge in [0, 0.05) is 38.0 Å². The number of nitrogens with zero attached hydrogens (tertiary/aromatic N) is 2. The minimum Gasteiger partial charge on any atom is -0.465 e. The maximum atomic E-state index is 13.6. The van der Waals surface area contributed by atoms with Crippen molar-refractivity contribution in [3.05, 3.63) is 54.1 Å². The minimum absolute atomic E-state index is 0.0388. The highest BCUT2D eigenvalue weighted by Gasteiger charge is 2.52. The smallest absolute Gasteiger partial charge is 0.408 e. The average molecular weight is 542 g/mol. The van der Waals surface area contributed by atoms with Gasteiger partial charge >= 0.3 is 6.09 Å². The van der Waals surface area contributed by atoms with Crippen LogP contribution in [0, 0.1) is 11.3 Å². The van der Waals surface area contributed by atoms with Gasteiger partial charge in [0.15, 0.2) is 9.84 Å². The van der Waals surface area contributed by atoms with Crippen molar-refractivity contribution in [2.45, 2.75) is 69.0 Å². The summed E-state index contributed by atoms with van der Waals surface area (Å²) in [7, 11) is -3.27. The van der Waals surface area contributed by atoms with Gasteiger partial charge in [0.05, 0.1) is 16.7 Å². The van der Waals surface area contributed by atoms with E-state index in [-0.39, 0.29) is 43.1 Å². The van der Waals surface area contributed by atoms with Crippen LogP contribution in [0.1, 0.15) is 46.1 Å². The third-order valence-electron chi connectivity index (χ3n) is 6.81. The maximum Gasteiger partial charge on any atom is 0.408 e. The molecule has 0 bridgehead atoms. The summed E-state index contributed by atoms with van der Waals surface area (Å²) in [6.45, 7) is 7.32.